The maximum atomic E-state index is 5.60. The lowest BCUT2D eigenvalue weighted by Crippen LogP contribution is -1.84. The Morgan fingerprint density at radius 1 is 1.05 bits per heavy atom. The second-order valence-electron chi connectivity index (χ2n) is 4.22. The van der Waals surface area contributed by atoms with Gasteiger partial charge in [-0.25, -0.2) is 4.98 Å². The van der Waals surface area contributed by atoms with E-state index in [1.54, 1.807) is 0 Å². The standard InChI is InChI=1S/C17H12N2/c1-2-14(12-13-8-4-3-5-9-13)17-18-15-10-6-7-11-16(15)19-17/h1,3-12H,(H,18,19). The summed E-state index contributed by atoms with van der Waals surface area (Å²) >= 11 is 0. The predicted molar refractivity (Wildman–Crippen MR) is 79.2 cm³/mol. The average Bonchev–Trinajstić information content (AvgIpc) is 2.89. The molecule has 3 aromatic rings. The molecule has 0 atom stereocenters. The average molecular weight is 244 g/mol. The molecule has 0 saturated carbocycles. The molecule has 2 aromatic carbocycles. The van der Waals surface area contributed by atoms with Crippen LogP contribution in [0.2, 0.25) is 0 Å². The Morgan fingerprint density at radius 3 is 2.53 bits per heavy atom. The number of para-hydroxylation sites is 2. The van der Waals surface area contributed by atoms with Crippen LogP contribution in [0.3, 0.4) is 0 Å². The summed E-state index contributed by atoms with van der Waals surface area (Å²) in [7, 11) is 0. The molecule has 1 heterocycles. The quantitative estimate of drug-likeness (QED) is 0.683. The molecule has 0 radical (unpaired) electrons. The number of nitrogens with zero attached hydrogens (tertiary/aromatic N) is 1. The Balaban J connectivity index is 2.08. The van der Waals surface area contributed by atoms with Crippen LogP contribution in [0, 0.1) is 12.3 Å². The first-order chi connectivity index (χ1) is 9.36. The number of terminal acetylenes is 1. The van der Waals surface area contributed by atoms with E-state index >= 15 is 0 Å². The Labute approximate surface area is 111 Å². The van der Waals surface area contributed by atoms with E-state index in [9.17, 15) is 0 Å². The van der Waals surface area contributed by atoms with E-state index in [1.165, 1.54) is 0 Å². The normalized spacial score (nSPS) is 11.4. The summed E-state index contributed by atoms with van der Waals surface area (Å²) in [5, 5.41) is 0. The van der Waals surface area contributed by atoms with Gasteiger partial charge >= 0.3 is 0 Å². The van der Waals surface area contributed by atoms with Gasteiger partial charge in [0.25, 0.3) is 0 Å². The number of benzene rings is 2. The van der Waals surface area contributed by atoms with Crippen molar-refractivity contribution in [3.05, 3.63) is 66.0 Å². The summed E-state index contributed by atoms with van der Waals surface area (Å²) in [6.07, 6.45) is 7.55. The molecule has 1 N–H and O–H groups in total. The van der Waals surface area contributed by atoms with Crippen molar-refractivity contribution in [2.75, 3.05) is 0 Å². The third-order valence-electron chi connectivity index (χ3n) is 2.91. The summed E-state index contributed by atoms with van der Waals surface area (Å²) in [5.74, 6) is 3.42. The number of allylic oxidation sites excluding steroid dienone is 1. The van der Waals surface area contributed by atoms with E-state index < -0.39 is 0 Å². The van der Waals surface area contributed by atoms with Crippen LogP contribution >= 0.6 is 0 Å². The van der Waals surface area contributed by atoms with Crippen molar-refractivity contribution in [2.24, 2.45) is 0 Å². The van der Waals surface area contributed by atoms with Crippen molar-refractivity contribution in [3.63, 3.8) is 0 Å². The van der Waals surface area contributed by atoms with Gasteiger partial charge in [-0.2, -0.15) is 0 Å². The molecule has 0 saturated heterocycles. The lowest BCUT2D eigenvalue weighted by atomic mass is 10.1. The van der Waals surface area contributed by atoms with E-state index in [-0.39, 0.29) is 0 Å². The molecule has 0 aliphatic heterocycles. The summed E-state index contributed by atoms with van der Waals surface area (Å²) < 4.78 is 0. The Hall–Kier alpha value is -2.79. The van der Waals surface area contributed by atoms with Crippen molar-refractivity contribution in [1.29, 1.82) is 0 Å². The Kier molecular flexibility index (Phi) is 2.88. The minimum absolute atomic E-state index is 0.729. The second kappa shape index (κ2) is 4.83. The van der Waals surface area contributed by atoms with Gasteiger partial charge in [0.05, 0.1) is 16.6 Å². The smallest absolute Gasteiger partial charge is 0.147 e. The van der Waals surface area contributed by atoms with E-state index in [0.717, 1.165) is 28.0 Å². The van der Waals surface area contributed by atoms with Gasteiger partial charge in [0, 0.05) is 0 Å². The van der Waals surface area contributed by atoms with Gasteiger partial charge in [-0.1, -0.05) is 48.4 Å². The molecule has 0 unspecified atom stereocenters. The lowest BCUT2D eigenvalue weighted by molar-refractivity contribution is 1.28. The van der Waals surface area contributed by atoms with Crippen molar-refractivity contribution in [2.45, 2.75) is 0 Å². The molecule has 0 bridgehead atoms. The lowest BCUT2D eigenvalue weighted by Gasteiger charge is -1.96. The zero-order valence-electron chi connectivity index (χ0n) is 10.3. The highest BCUT2D eigenvalue weighted by Gasteiger charge is 2.05. The van der Waals surface area contributed by atoms with Crippen LogP contribution in [0.25, 0.3) is 22.7 Å². The summed E-state index contributed by atoms with van der Waals surface area (Å²) in [4.78, 5) is 7.76. The van der Waals surface area contributed by atoms with Crippen LogP contribution in [0.4, 0.5) is 0 Å². The zero-order chi connectivity index (χ0) is 13.1. The molecule has 90 valence electrons. The van der Waals surface area contributed by atoms with Crippen LogP contribution in [0.5, 0.6) is 0 Å². The van der Waals surface area contributed by atoms with Crippen molar-refractivity contribution in [1.82, 2.24) is 9.97 Å². The van der Waals surface area contributed by atoms with Gasteiger partial charge in [0.2, 0.25) is 0 Å². The fourth-order valence-corrected chi connectivity index (χ4v) is 1.97. The fraction of sp³-hybridized carbons (Fsp3) is 0. The number of aromatic amines is 1. The highest BCUT2D eigenvalue weighted by atomic mass is 14.9. The number of hydrogen-bond donors (Lipinski definition) is 1. The first-order valence-corrected chi connectivity index (χ1v) is 6.05. The summed E-state index contributed by atoms with van der Waals surface area (Å²) in [6, 6.07) is 17.9. The Bertz CT molecular complexity index is 741. The molecule has 0 amide bonds. The van der Waals surface area contributed by atoms with E-state index in [4.69, 9.17) is 6.42 Å². The van der Waals surface area contributed by atoms with Crippen molar-refractivity contribution < 1.29 is 0 Å². The monoisotopic (exact) mass is 244 g/mol. The fourth-order valence-electron chi connectivity index (χ4n) is 1.97. The number of hydrogen-bond acceptors (Lipinski definition) is 1. The van der Waals surface area contributed by atoms with Crippen molar-refractivity contribution >= 4 is 22.7 Å². The number of imidazole rings is 1. The van der Waals surface area contributed by atoms with E-state index in [1.807, 2.05) is 60.7 Å². The number of nitrogens with one attached hydrogen (secondary N) is 1. The number of aromatic nitrogens is 2. The third kappa shape index (κ3) is 2.27. The molecule has 0 aliphatic carbocycles. The van der Waals surface area contributed by atoms with Crippen LogP contribution in [0.1, 0.15) is 11.4 Å². The minimum atomic E-state index is 0.729. The third-order valence-corrected chi connectivity index (χ3v) is 2.91. The van der Waals surface area contributed by atoms with Gasteiger partial charge in [-0.3, -0.25) is 0 Å². The molecule has 3 rings (SSSR count). The van der Waals surface area contributed by atoms with Crippen molar-refractivity contribution in [3.8, 4) is 12.3 Å². The van der Waals surface area contributed by atoms with Crippen LogP contribution < -0.4 is 0 Å². The maximum Gasteiger partial charge on any atom is 0.147 e. The molecule has 2 heteroatoms. The topological polar surface area (TPSA) is 28.7 Å². The predicted octanol–water partition coefficient (Wildman–Crippen LogP) is 3.74. The largest absolute Gasteiger partial charge is 0.337 e. The van der Waals surface area contributed by atoms with Gasteiger partial charge in [0.15, 0.2) is 0 Å². The minimum Gasteiger partial charge on any atom is -0.337 e. The van der Waals surface area contributed by atoms with E-state index in [0.29, 0.717) is 0 Å². The summed E-state index contributed by atoms with van der Waals surface area (Å²) in [5.41, 5.74) is 3.73. The molecular formula is C17H12N2. The second-order valence-corrected chi connectivity index (χ2v) is 4.22. The van der Waals surface area contributed by atoms with Gasteiger partial charge in [-0.05, 0) is 23.8 Å². The van der Waals surface area contributed by atoms with Crippen LogP contribution in [0.15, 0.2) is 54.6 Å². The Morgan fingerprint density at radius 2 is 1.79 bits per heavy atom. The van der Waals surface area contributed by atoms with Crippen LogP contribution in [-0.4, -0.2) is 9.97 Å². The maximum absolute atomic E-state index is 5.60. The van der Waals surface area contributed by atoms with Crippen LogP contribution in [-0.2, 0) is 0 Å². The zero-order valence-corrected chi connectivity index (χ0v) is 10.3. The highest BCUT2D eigenvalue weighted by molar-refractivity contribution is 5.91. The number of rotatable bonds is 2. The molecular weight excluding hydrogens is 232 g/mol. The first kappa shape index (κ1) is 11.3. The summed E-state index contributed by atoms with van der Waals surface area (Å²) in [6.45, 7) is 0. The molecule has 2 nitrogen and oxygen atoms in total. The molecule has 19 heavy (non-hydrogen) atoms. The molecule has 0 aliphatic rings. The van der Waals surface area contributed by atoms with Gasteiger partial charge in [0.1, 0.15) is 5.82 Å². The number of fused-ring (bicyclic) bond motifs is 1. The molecule has 0 spiro atoms. The van der Waals surface area contributed by atoms with E-state index in [2.05, 4.69) is 15.9 Å². The molecule has 0 fully saturated rings. The van der Waals surface area contributed by atoms with Gasteiger partial charge in [-0.15, -0.1) is 6.42 Å². The first-order valence-electron chi connectivity index (χ1n) is 6.05. The SMILES string of the molecule is C#CC(=Cc1ccccc1)c1nc2ccccc2[nH]1. The van der Waals surface area contributed by atoms with Gasteiger partial charge < -0.3 is 4.98 Å². The molecule has 1 aromatic heterocycles. The highest BCUT2D eigenvalue weighted by Crippen LogP contribution is 2.18. The number of H-pyrrole nitrogens is 1.